The van der Waals surface area contributed by atoms with E-state index in [1.807, 2.05) is 52.2 Å². The van der Waals surface area contributed by atoms with Crippen molar-refractivity contribution in [1.82, 2.24) is 18.8 Å². The number of rotatable bonds is 5. The van der Waals surface area contributed by atoms with Crippen LogP contribution in [0.25, 0.3) is 5.00 Å². The molecule has 0 saturated carbocycles. The molecule has 138 valence electrons. The van der Waals surface area contributed by atoms with Gasteiger partial charge < -0.3 is 9.13 Å². The predicted octanol–water partition coefficient (Wildman–Crippen LogP) is 3.05. The molecule has 1 N–H and O–H groups in total. The summed E-state index contributed by atoms with van der Waals surface area (Å²) in [5.74, 6) is -0.658. The Kier molecular flexibility index (Phi) is 4.76. The van der Waals surface area contributed by atoms with Gasteiger partial charge in [-0.2, -0.15) is 8.42 Å². The standard InChI is InChI=1S/C17H20N4O3S2/c1-11(2)21-9-14(18-10-21)26(23,24)19-16(22)15-12(3)13(4)25-17(15)20-7-5-6-8-20/h5-11H,1-4H3,(H,19,22). The van der Waals surface area contributed by atoms with E-state index in [2.05, 4.69) is 9.71 Å². The summed E-state index contributed by atoms with van der Waals surface area (Å²) in [6.07, 6.45) is 6.49. The number of carbonyl (C=O) groups is 1. The van der Waals surface area contributed by atoms with E-state index in [0.717, 1.165) is 10.4 Å². The SMILES string of the molecule is Cc1sc(-n2cccc2)c(C(=O)NS(=O)(=O)c2cn(C(C)C)cn2)c1C. The molecule has 3 rings (SSSR count). The van der Waals surface area contributed by atoms with Crippen LogP contribution in [-0.4, -0.2) is 28.4 Å². The maximum absolute atomic E-state index is 12.8. The second-order valence-corrected chi connectivity index (χ2v) is 9.07. The number of hydrogen-bond donors (Lipinski definition) is 1. The molecule has 0 aliphatic carbocycles. The first kappa shape index (κ1) is 18.4. The molecule has 0 radical (unpaired) electrons. The summed E-state index contributed by atoms with van der Waals surface area (Å²) in [6.45, 7) is 7.55. The smallest absolute Gasteiger partial charge is 0.283 e. The molecular weight excluding hydrogens is 372 g/mol. The first-order valence-corrected chi connectivity index (χ1v) is 10.3. The van der Waals surface area contributed by atoms with E-state index in [0.29, 0.717) is 10.6 Å². The molecule has 9 heteroatoms. The van der Waals surface area contributed by atoms with Crippen LogP contribution in [0.4, 0.5) is 0 Å². The van der Waals surface area contributed by atoms with Gasteiger partial charge in [-0.1, -0.05) is 0 Å². The highest BCUT2D eigenvalue weighted by Crippen LogP contribution is 2.31. The van der Waals surface area contributed by atoms with Gasteiger partial charge in [0.05, 0.1) is 11.9 Å². The van der Waals surface area contributed by atoms with Crippen molar-refractivity contribution in [3.8, 4) is 5.00 Å². The van der Waals surface area contributed by atoms with Gasteiger partial charge in [0.25, 0.3) is 15.9 Å². The molecule has 7 nitrogen and oxygen atoms in total. The van der Waals surface area contributed by atoms with E-state index >= 15 is 0 Å². The number of nitrogens with zero attached hydrogens (tertiary/aromatic N) is 3. The average molecular weight is 393 g/mol. The lowest BCUT2D eigenvalue weighted by Crippen LogP contribution is -2.31. The first-order chi connectivity index (χ1) is 12.2. The Morgan fingerprint density at radius 3 is 2.46 bits per heavy atom. The maximum Gasteiger partial charge on any atom is 0.283 e. The molecule has 1 amide bonds. The van der Waals surface area contributed by atoms with Crippen molar-refractivity contribution in [2.45, 2.75) is 38.8 Å². The highest BCUT2D eigenvalue weighted by atomic mass is 32.2. The van der Waals surface area contributed by atoms with Gasteiger partial charge in [0.1, 0.15) is 5.00 Å². The van der Waals surface area contributed by atoms with Crippen LogP contribution in [0.2, 0.25) is 0 Å². The van der Waals surface area contributed by atoms with Crippen LogP contribution in [-0.2, 0) is 10.0 Å². The number of imidazole rings is 1. The monoisotopic (exact) mass is 392 g/mol. The second kappa shape index (κ2) is 6.73. The molecule has 3 aromatic rings. The van der Waals surface area contributed by atoms with Gasteiger partial charge in [-0.3, -0.25) is 4.79 Å². The summed E-state index contributed by atoms with van der Waals surface area (Å²) in [5.41, 5.74) is 1.12. The van der Waals surface area contributed by atoms with E-state index in [1.54, 1.807) is 9.13 Å². The Bertz CT molecular complexity index is 1040. The number of amides is 1. The van der Waals surface area contributed by atoms with Crippen molar-refractivity contribution in [3.63, 3.8) is 0 Å². The van der Waals surface area contributed by atoms with Gasteiger partial charge in [-0.05, 0) is 45.4 Å². The topological polar surface area (TPSA) is 86.0 Å². The molecule has 0 aliphatic rings. The lowest BCUT2D eigenvalue weighted by atomic mass is 10.1. The molecule has 0 fully saturated rings. The van der Waals surface area contributed by atoms with Crippen LogP contribution in [0.15, 0.2) is 42.1 Å². The van der Waals surface area contributed by atoms with Crippen molar-refractivity contribution in [1.29, 1.82) is 0 Å². The van der Waals surface area contributed by atoms with Crippen molar-refractivity contribution in [2.75, 3.05) is 0 Å². The highest BCUT2D eigenvalue weighted by Gasteiger charge is 2.26. The van der Waals surface area contributed by atoms with Crippen molar-refractivity contribution in [2.24, 2.45) is 0 Å². The fraction of sp³-hybridized carbons (Fsp3) is 0.294. The van der Waals surface area contributed by atoms with E-state index in [4.69, 9.17) is 0 Å². The summed E-state index contributed by atoms with van der Waals surface area (Å²) >= 11 is 1.44. The minimum atomic E-state index is -4.05. The van der Waals surface area contributed by atoms with Crippen LogP contribution < -0.4 is 4.72 Å². The van der Waals surface area contributed by atoms with Gasteiger partial charge in [0, 0.05) is 29.5 Å². The van der Waals surface area contributed by atoms with Gasteiger partial charge in [0.15, 0.2) is 5.03 Å². The highest BCUT2D eigenvalue weighted by molar-refractivity contribution is 7.90. The zero-order valence-corrected chi connectivity index (χ0v) is 16.6. The zero-order valence-electron chi connectivity index (χ0n) is 14.9. The number of sulfonamides is 1. The second-order valence-electron chi connectivity index (χ2n) is 6.24. The number of thiophene rings is 1. The van der Waals surface area contributed by atoms with Gasteiger partial charge in [-0.25, -0.2) is 9.71 Å². The third-order valence-electron chi connectivity index (χ3n) is 4.11. The number of nitrogens with one attached hydrogen (secondary N) is 1. The van der Waals surface area contributed by atoms with E-state index < -0.39 is 15.9 Å². The number of aryl methyl sites for hydroxylation is 1. The molecular formula is C17H20N4O3S2. The average Bonchev–Trinajstić information content (AvgIpc) is 3.27. The maximum atomic E-state index is 12.8. The minimum absolute atomic E-state index is 0.0734. The van der Waals surface area contributed by atoms with Crippen LogP contribution in [0.3, 0.4) is 0 Å². The minimum Gasteiger partial charge on any atom is -0.334 e. The third-order valence-corrected chi connectivity index (χ3v) is 6.55. The normalized spacial score (nSPS) is 11.9. The quantitative estimate of drug-likeness (QED) is 0.723. The summed E-state index contributed by atoms with van der Waals surface area (Å²) < 4.78 is 30.7. The number of hydrogen-bond acceptors (Lipinski definition) is 5. The van der Waals surface area contributed by atoms with Crippen LogP contribution >= 0.6 is 11.3 Å². The third kappa shape index (κ3) is 3.32. The van der Waals surface area contributed by atoms with Crippen LogP contribution in [0.1, 0.15) is 40.7 Å². The molecule has 0 atom stereocenters. The fourth-order valence-electron chi connectivity index (χ4n) is 2.49. The molecule has 0 unspecified atom stereocenters. The summed E-state index contributed by atoms with van der Waals surface area (Å²) in [6, 6.07) is 3.77. The van der Waals surface area contributed by atoms with Crippen molar-refractivity contribution < 1.29 is 13.2 Å². The van der Waals surface area contributed by atoms with Gasteiger partial charge in [0.2, 0.25) is 0 Å². The molecule has 0 aliphatic heterocycles. The molecule has 3 aromatic heterocycles. The molecule has 0 bridgehead atoms. The van der Waals surface area contributed by atoms with E-state index in [9.17, 15) is 13.2 Å². The van der Waals surface area contributed by atoms with E-state index in [1.165, 1.54) is 23.9 Å². The molecule has 0 saturated heterocycles. The Labute approximate surface area is 156 Å². The summed E-state index contributed by atoms with van der Waals surface area (Å²) in [7, 11) is -4.05. The fourth-order valence-corrected chi connectivity index (χ4v) is 4.51. The van der Waals surface area contributed by atoms with E-state index in [-0.39, 0.29) is 11.1 Å². The van der Waals surface area contributed by atoms with Gasteiger partial charge in [-0.15, -0.1) is 11.3 Å². The number of carbonyl (C=O) groups excluding carboxylic acids is 1. The Balaban J connectivity index is 1.95. The molecule has 0 spiro atoms. The van der Waals surface area contributed by atoms with Crippen LogP contribution in [0.5, 0.6) is 0 Å². The summed E-state index contributed by atoms with van der Waals surface area (Å²) in [4.78, 5) is 17.7. The Hall–Kier alpha value is -2.39. The lowest BCUT2D eigenvalue weighted by Gasteiger charge is -2.08. The van der Waals surface area contributed by atoms with Crippen molar-refractivity contribution in [3.05, 3.63) is 53.1 Å². The molecule has 26 heavy (non-hydrogen) atoms. The molecule has 3 heterocycles. The van der Waals surface area contributed by atoms with Crippen molar-refractivity contribution >= 4 is 27.3 Å². The number of aromatic nitrogens is 3. The lowest BCUT2D eigenvalue weighted by molar-refractivity contribution is 0.0981. The predicted molar refractivity (Wildman–Crippen MR) is 100 cm³/mol. The van der Waals surface area contributed by atoms with Crippen LogP contribution in [0, 0.1) is 13.8 Å². The molecule has 0 aromatic carbocycles. The zero-order chi connectivity index (χ0) is 19.1. The first-order valence-electron chi connectivity index (χ1n) is 8.04. The summed E-state index contributed by atoms with van der Waals surface area (Å²) in [5, 5.41) is 0.511. The Morgan fingerprint density at radius 1 is 1.23 bits per heavy atom. The largest absolute Gasteiger partial charge is 0.334 e. The van der Waals surface area contributed by atoms with Gasteiger partial charge >= 0.3 is 0 Å². The Morgan fingerprint density at radius 2 is 1.88 bits per heavy atom.